The van der Waals surface area contributed by atoms with Crippen LogP contribution >= 0.6 is 11.6 Å². The molecule has 0 spiro atoms. The van der Waals surface area contributed by atoms with Crippen LogP contribution in [-0.2, 0) is 0 Å². The first kappa shape index (κ1) is 11.1. The molecule has 0 unspecified atom stereocenters. The van der Waals surface area contributed by atoms with Gasteiger partial charge in [0.2, 0.25) is 0 Å². The van der Waals surface area contributed by atoms with E-state index in [1.54, 1.807) is 6.07 Å². The number of nitrogen functional groups attached to an aromatic ring is 1. The van der Waals surface area contributed by atoms with E-state index in [0.29, 0.717) is 11.1 Å². The van der Waals surface area contributed by atoms with Gasteiger partial charge < -0.3 is 11.1 Å². The summed E-state index contributed by atoms with van der Waals surface area (Å²) in [7, 11) is 0. The first-order valence-electron chi connectivity index (χ1n) is 6.09. The molecule has 0 bridgehead atoms. The number of hydrogen-bond acceptors (Lipinski definition) is 2. The fourth-order valence-corrected chi connectivity index (χ4v) is 2.74. The molecule has 2 aliphatic rings. The first-order chi connectivity index (χ1) is 8.11. The first-order valence-corrected chi connectivity index (χ1v) is 6.47. The van der Waals surface area contributed by atoms with Crippen molar-refractivity contribution in [3.05, 3.63) is 23.0 Å². The minimum atomic E-state index is -0.460. The second-order valence-electron chi connectivity index (χ2n) is 5.34. The Morgan fingerprint density at radius 1 is 1.41 bits per heavy atom. The average molecular weight is 255 g/mol. The Morgan fingerprint density at radius 2 is 2.12 bits per heavy atom. The van der Waals surface area contributed by atoms with Crippen molar-refractivity contribution in [1.82, 2.24) is 0 Å². The zero-order valence-corrected chi connectivity index (χ0v) is 10.4. The van der Waals surface area contributed by atoms with Crippen LogP contribution in [0.15, 0.2) is 12.1 Å². The molecule has 2 saturated carbocycles. The van der Waals surface area contributed by atoms with Crippen molar-refractivity contribution in [3.63, 3.8) is 0 Å². The van der Waals surface area contributed by atoms with Gasteiger partial charge in [-0.05, 0) is 43.1 Å². The second kappa shape index (κ2) is 3.77. The molecule has 4 heteroatoms. The molecule has 2 nitrogen and oxygen atoms in total. The molecule has 2 fully saturated rings. The van der Waals surface area contributed by atoms with E-state index in [1.165, 1.54) is 31.7 Å². The summed E-state index contributed by atoms with van der Waals surface area (Å²) in [6.07, 6.45) is 5.33. The van der Waals surface area contributed by atoms with E-state index in [4.69, 9.17) is 17.3 Å². The molecule has 1 aromatic rings. The number of anilines is 2. The number of hydrogen-bond donors (Lipinski definition) is 2. The Kier molecular flexibility index (Phi) is 2.47. The van der Waals surface area contributed by atoms with Crippen molar-refractivity contribution in [3.8, 4) is 0 Å². The SMILES string of the molecule is Nc1cc(F)c(Cl)cc1NCC1(C2CC2)CC1. The maximum Gasteiger partial charge on any atom is 0.143 e. The number of nitrogens with two attached hydrogens (primary N) is 1. The highest BCUT2D eigenvalue weighted by Gasteiger charge is 2.53. The lowest BCUT2D eigenvalue weighted by atomic mass is 10.0. The summed E-state index contributed by atoms with van der Waals surface area (Å²) >= 11 is 5.76. The lowest BCUT2D eigenvalue weighted by Crippen LogP contribution is -2.18. The van der Waals surface area contributed by atoms with Crippen LogP contribution in [0.25, 0.3) is 0 Å². The summed E-state index contributed by atoms with van der Waals surface area (Å²) in [5, 5.41) is 3.45. The van der Waals surface area contributed by atoms with Crippen LogP contribution in [0.3, 0.4) is 0 Å². The summed E-state index contributed by atoms with van der Waals surface area (Å²) in [5.74, 6) is 0.435. The van der Waals surface area contributed by atoms with E-state index in [0.717, 1.165) is 18.2 Å². The Balaban J connectivity index is 1.70. The van der Waals surface area contributed by atoms with Crippen molar-refractivity contribution >= 4 is 23.0 Å². The molecule has 17 heavy (non-hydrogen) atoms. The van der Waals surface area contributed by atoms with Crippen LogP contribution in [0, 0.1) is 17.2 Å². The third-order valence-electron chi connectivity index (χ3n) is 4.06. The number of halogens is 2. The van der Waals surface area contributed by atoms with Crippen molar-refractivity contribution in [2.45, 2.75) is 25.7 Å². The predicted octanol–water partition coefficient (Wildman–Crippen LogP) is 3.66. The van der Waals surface area contributed by atoms with E-state index in [9.17, 15) is 4.39 Å². The number of nitrogens with one attached hydrogen (secondary N) is 1. The van der Waals surface area contributed by atoms with Gasteiger partial charge in [-0.3, -0.25) is 0 Å². The van der Waals surface area contributed by atoms with Gasteiger partial charge in [0.1, 0.15) is 5.82 Å². The van der Waals surface area contributed by atoms with Gasteiger partial charge in [-0.25, -0.2) is 4.39 Å². The van der Waals surface area contributed by atoms with Crippen LogP contribution in [0.1, 0.15) is 25.7 Å². The van der Waals surface area contributed by atoms with Gasteiger partial charge in [-0.1, -0.05) is 11.6 Å². The molecule has 92 valence electrons. The van der Waals surface area contributed by atoms with Crippen molar-refractivity contribution < 1.29 is 4.39 Å². The molecule has 0 saturated heterocycles. The summed E-state index contributed by atoms with van der Waals surface area (Å²) in [4.78, 5) is 0. The summed E-state index contributed by atoms with van der Waals surface area (Å²) in [6, 6.07) is 2.86. The molecular formula is C13H16ClFN2. The van der Waals surface area contributed by atoms with E-state index < -0.39 is 5.82 Å². The molecule has 3 rings (SSSR count). The topological polar surface area (TPSA) is 38.0 Å². The van der Waals surface area contributed by atoms with Crippen molar-refractivity contribution in [2.75, 3.05) is 17.6 Å². The van der Waals surface area contributed by atoms with Gasteiger partial charge in [0, 0.05) is 12.6 Å². The highest BCUT2D eigenvalue weighted by Crippen LogP contribution is 2.61. The monoisotopic (exact) mass is 254 g/mol. The van der Waals surface area contributed by atoms with Gasteiger partial charge in [-0.2, -0.15) is 0 Å². The lowest BCUT2D eigenvalue weighted by molar-refractivity contribution is 0.467. The molecule has 0 heterocycles. The van der Waals surface area contributed by atoms with Crippen molar-refractivity contribution in [1.29, 1.82) is 0 Å². The molecule has 3 N–H and O–H groups in total. The van der Waals surface area contributed by atoms with Crippen molar-refractivity contribution in [2.24, 2.45) is 11.3 Å². The number of rotatable bonds is 4. The predicted molar refractivity (Wildman–Crippen MR) is 68.7 cm³/mol. The van der Waals surface area contributed by atoms with Crippen LogP contribution < -0.4 is 11.1 Å². The Morgan fingerprint density at radius 3 is 2.71 bits per heavy atom. The second-order valence-corrected chi connectivity index (χ2v) is 5.75. The van der Waals surface area contributed by atoms with Crippen LogP contribution in [0.4, 0.5) is 15.8 Å². The molecule has 0 aromatic heterocycles. The smallest absolute Gasteiger partial charge is 0.143 e. The Labute approximate surface area is 105 Å². The van der Waals surface area contributed by atoms with Gasteiger partial charge in [0.05, 0.1) is 16.4 Å². The van der Waals surface area contributed by atoms with Gasteiger partial charge in [0.25, 0.3) is 0 Å². The van der Waals surface area contributed by atoms with Gasteiger partial charge in [0.15, 0.2) is 0 Å². The van der Waals surface area contributed by atoms with Crippen LogP contribution in [0.5, 0.6) is 0 Å². The molecule has 1 aromatic carbocycles. The van der Waals surface area contributed by atoms with E-state index in [2.05, 4.69) is 5.32 Å². The maximum absolute atomic E-state index is 13.1. The quantitative estimate of drug-likeness (QED) is 0.805. The fourth-order valence-electron chi connectivity index (χ4n) is 2.57. The lowest BCUT2D eigenvalue weighted by Gasteiger charge is -2.17. The van der Waals surface area contributed by atoms with Gasteiger partial charge in [-0.15, -0.1) is 0 Å². The van der Waals surface area contributed by atoms with E-state index >= 15 is 0 Å². The zero-order valence-electron chi connectivity index (χ0n) is 9.60. The Bertz CT molecular complexity index is 453. The normalized spacial score (nSPS) is 21.3. The van der Waals surface area contributed by atoms with Gasteiger partial charge >= 0.3 is 0 Å². The molecule has 0 atom stereocenters. The molecule has 2 aliphatic carbocycles. The summed E-state index contributed by atoms with van der Waals surface area (Å²) in [5.41, 5.74) is 7.45. The molecular weight excluding hydrogens is 239 g/mol. The zero-order chi connectivity index (χ0) is 12.0. The fraction of sp³-hybridized carbons (Fsp3) is 0.538. The average Bonchev–Trinajstić information content (AvgIpc) is 3.14. The standard InChI is InChI=1S/C13H16ClFN2/c14-9-5-12(11(16)6-10(9)15)17-7-13(3-4-13)8-1-2-8/h5-6,8,17H,1-4,7,16H2. The summed E-state index contributed by atoms with van der Waals surface area (Å²) in [6.45, 7) is 0.934. The minimum absolute atomic E-state index is 0.123. The molecule has 0 radical (unpaired) electrons. The third-order valence-corrected chi connectivity index (χ3v) is 4.35. The Hall–Kier alpha value is -0.960. The minimum Gasteiger partial charge on any atom is -0.397 e. The summed E-state index contributed by atoms with van der Waals surface area (Å²) < 4.78 is 13.1. The number of benzene rings is 1. The van der Waals surface area contributed by atoms with Crippen LogP contribution in [0.2, 0.25) is 5.02 Å². The van der Waals surface area contributed by atoms with E-state index in [-0.39, 0.29) is 5.02 Å². The molecule has 0 aliphatic heterocycles. The third kappa shape index (κ3) is 2.08. The highest BCUT2D eigenvalue weighted by molar-refractivity contribution is 6.31. The van der Waals surface area contributed by atoms with E-state index in [1.807, 2.05) is 0 Å². The molecule has 0 amide bonds. The maximum atomic E-state index is 13.1. The van der Waals surface area contributed by atoms with Crippen LogP contribution in [-0.4, -0.2) is 6.54 Å². The highest BCUT2D eigenvalue weighted by atomic mass is 35.5. The largest absolute Gasteiger partial charge is 0.397 e.